The summed E-state index contributed by atoms with van der Waals surface area (Å²) < 4.78 is 6.28. The maximum atomic E-state index is 6.28. The number of rotatable bonds is 6. The molecule has 0 amide bonds. The summed E-state index contributed by atoms with van der Waals surface area (Å²) in [7, 11) is 0. The first-order valence-electron chi connectivity index (χ1n) is 19.2. The van der Waals surface area contributed by atoms with Crippen LogP contribution in [0.15, 0.2) is 217 Å². The lowest BCUT2D eigenvalue weighted by Crippen LogP contribution is -2.10. The van der Waals surface area contributed by atoms with E-state index in [1.54, 1.807) is 0 Å². The third-order valence-electron chi connectivity index (χ3n) is 11.2. The molecule has 2 heteroatoms. The Labute approximate surface area is 325 Å². The minimum absolute atomic E-state index is 0.913. The predicted octanol–water partition coefficient (Wildman–Crippen LogP) is 15.5. The summed E-state index contributed by atoms with van der Waals surface area (Å²) in [6.45, 7) is 0. The molecule has 0 aliphatic rings. The number of furan rings is 1. The summed E-state index contributed by atoms with van der Waals surface area (Å²) in [5, 5.41) is 9.57. The first kappa shape index (κ1) is 32.0. The van der Waals surface area contributed by atoms with E-state index >= 15 is 0 Å². The van der Waals surface area contributed by atoms with E-state index in [0.717, 1.165) is 39.0 Å². The van der Waals surface area contributed by atoms with Gasteiger partial charge >= 0.3 is 0 Å². The summed E-state index contributed by atoms with van der Waals surface area (Å²) in [5.41, 5.74) is 12.3. The van der Waals surface area contributed by atoms with E-state index in [2.05, 4.69) is 211 Å². The molecule has 1 aromatic heterocycles. The largest absolute Gasteiger partial charge is 0.456 e. The zero-order chi connectivity index (χ0) is 37.0. The second-order valence-corrected chi connectivity index (χ2v) is 14.5. The molecule has 262 valence electrons. The van der Waals surface area contributed by atoms with Gasteiger partial charge in [-0.1, -0.05) is 158 Å². The van der Waals surface area contributed by atoms with Crippen molar-refractivity contribution in [1.29, 1.82) is 0 Å². The van der Waals surface area contributed by atoms with E-state index in [9.17, 15) is 0 Å². The Morgan fingerprint density at radius 2 is 0.946 bits per heavy atom. The highest BCUT2D eigenvalue weighted by atomic mass is 16.3. The van der Waals surface area contributed by atoms with Crippen LogP contribution in [0, 0.1) is 0 Å². The molecule has 0 radical (unpaired) electrons. The van der Waals surface area contributed by atoms with Gasteiger partial charge in [0.1, 0.15) is 11.2 Å². The van der Waals surface area contributed by atoms with E-state index < -0.39 is 0 Å². The van der Waals surface area contributed by atoms with Crippen LogP contribution in [0.3, 0.4) is 0 Å². The molecule has 10 aromatic carbocycles. The number of anilines is 3. The molecule has 0 N–H and O–H groups in total. The van der Waals surface area contributed by atoms with Crippen molar-refractivity contribution in [2.45, 2.75) is 0 Å². The van der Waals surface area contributed by atoms with Crippen LogP contribution >= 0.6 is 0 Å². The minimum Gasteiger partial charge on any atom is -0.456 e. The molecular weight excluding hydrogens is 679 g/mol. The number of hydrogen-bond acceptors (Lipinski definition) is 2. The Kier molecular flexibility index (Phi) is 7.53. The van der Waals surface area contributed by atoms with E-state index in [1.165, 1.54) is 65.7 Å². The van der Waals surface area contributed by atoms with Crippen LogP contribution in [0.2, 0.25) is 0 Å². The summed E-state index contributed by atoms with van der Waals surface area (Å²) in [6.07, 6.45) is 0. The molecule has 56 heavy (non-hydrogen) atoms. The van der Waals surface area contributed by atoms with Crippen molar-refractivity contribution in [3.05, 3.63) is 212 Å². The van der Waals surface area contributed by atoms with E-state index in [-0.39, 0.29) is 0 Å². The van der Waals surface area contributed by atoms with E-state index in [4.69, 9.17) is 4.42 Å². The normalized spacial score (nSPS) is 11.6. The Balaban J connectivity index is 1.09. The second kappa shape index (κ2) is 13.2. The fraction of sp³-hybridized carbons (Fsp3) is 0. The fourth-order valence-corrected chi connectivity index (χ4v) is 8.49. The second-order valence-electron chi connectivity index (χ2n) is 14.5. The average Bonchev–Trinajstić information content (AvgIpc) is 3.66. The molecule has 0 unspecified atom stereocenters. The van der Waals surface area contributed by atoms with E-state index in [1.807, 2.05) is 6.07 Å². The maximum absolute atomic E-state index is 6.28. The standard InChI is InChI=1S/C54H35NO/c1-2-11-36(12-3-1)38-25-28-44(29-26-38)55(45-16-10-15-41(34-45)42-23-21-37-13-4-5-14-40(37)33-42)51-31-30-46(47-17-6-7-18-48(47)51)43-24-22-39-27-32-53-54(50(39)35-43)49-19-8-9-20-52(49)56-53/h1-35H. The molecular formula is C54H35NO. The van der Waals surface area contributed by atoms with Gasteiger partial charge in [-0.25, -0.2) is 0 Å². The highest BCUT2D eigenvalue weighted by Crippen LogP contribution is 2.44. The van der Waals surface area contributed by atoms with Gasteiger partial charge in [-0.2, -0.15) is 0 Å². The molecule has 1 heterocycles. The Morgan fingerprint density at radius 3 is 1.82 bits per heavy atom. The molecule has 0 saturated carbocycles. The molecule has 0 bridgehead atoms. The zero-order valence-corrected chi connectivity index (χ0v) is 30.6. The first-order chi connectivity index (χ1) is 27.7. The smallest absolute Gasteiger partial charge is 0.136 e. The monoisotopic (exact) mass is 713 g/mol. The SMILES string of the molecule is c1ccc(-c2ccc(N(c3cccc(-c4ccc5ccccc5c4)c3)c3ccc(-c4ccc5ccc6oc7ccccc7c6c5c4)c4ccccc34)cc2)cc1. The van der Waals surface area contributed by atoms with Crippen molar-refractivity contribution in [3.63, 3.8) is 0 Å². The topological polar surface area (TPSA) is 16.4 Å². The Morgan fingerprint density at radius 1 is 0.304 bits per heavy atom. The van der Waals surface area contributed by atoms with Gasteiger partial charge in [0.2, 0.25) is 0 Å². The van der Waals surface area contributed by atoms with Crippen LogP contribution in [-0.4, -0.2) is 0 Å². The molecule has 0 aliphatic heterocycles. The van der Waals surface area contributed by atoms with Crippen LogP contribution < -0.4 is 4.90 Å². The summed E-state index contributed by atoms with van der Waals surface area (Å²) in [5.74, 6) is 0. The lowest BCUT2D eigenvalue weighted by atomic mass is 9.93. The lowest BCUT2D eigenvalue weighted by molar-refractivity contribution is 0.669. The van der Waals surface area contributed by atoms with Gasteiger partial charge in [-0.3, -0.25) is 0 Å². The van der Waals surface area contributed by atoms with Crippen molar-refractivity contribution < 1.29 is 4.42 Å². The van der Waals surface area contributed by atoms with Crippen LogP contribution in [0.25, 0.3) is 87.6 Å². The van der Waals surface area contributed by atoms with Gasteiger partial charge in [0.05, 0.1) is 5.69 Å². The molecule has 0 spiro atoms. The van der Waals surface area contributed by atoms with Crippen LogP contribution in [0.4, 0.5) is 17.1 Å². The first-order valence-corrected chi connectivity index (χ1v) is 19.2. The molecule has 11 aromatic rings. The van der Waals surface area contributed by atoms with Gasteiger partial charge in [0.15, 0.2) is 0 Å². The predicted molar refractivity (Wildman–Crippen MR) is 237 cm³/mol. The third-order valence-corrected chi connectivity index (χ3v) is 11.2. The fourth-order valence-electron chi connectivity index (χ4n) is 8.49. The summed E-state index contributed by atoms with van der Waals surface area (Å²) in [4.78, 5) is 2.41. The quantitative estimate of drug-likeness (QED) is 0.171. The number of fused-ring (bicyclic) bond motifs is 7. The lowest BCUT2D eigenvalue weighted by Gasteiger charge is -2.28. The van der Waals surface area contributed by atoms with Crippen molar-refractivity contribution in [2.24, 2.45) is 0 Å². The molecule has 2 nitrogen and oxygen atoms in total. The molecule has 11 rings (SSSR count). The highest BCUT2D eigenvalue weighted by Gasteiger charge is 2.19. The van der Waals surface area contributed by atoms with Crippen molar-refractivity contribution in [1.82, 2.24) is 0 Å². The molecule has 0 aliphatic carbocycles. The Hall–Kier alpha value is -7.42. The third kappa shape index (κ3) is 5.42. The van der Waals surface area contributed by atoms with E-state index in [0.29, 0.717) is 0 Å². The number of hydrogen-bond donors (Lipinski definition) is 0. The van der Waals surface area contributed by atoms with Crippen LogP contribution in [0.1, 0.15) is 0 Å². The maximum Gasteiger partial charge on any atom is 0.136 e. The number of benzene rings is 10. The van der Waals surface area contributed by atoms with Crippen LogP contribution in [-0.2, 0) is 0 Å². The minimum atomic E-state index is 0.913. The van der Waals surface area contributed by atoms with Crippen molar-refractivity contribution in [3.8, 4) is 33.4 Å². The molecule has 0 saturated heterocycles. The van der Waals surface area contributed by atoms with Gasteiger partial charge in [0, 0.05) is 27.5 Å². The van der Waals surface area contributed by atoms with Crippen molar-refractivity contribution >= 4 is 71.3 Å². The van der Waals surface area contributed by atoms with Gasteiger partial charge in [-0.15, -0.1) is 0 Å². The Bertz CT molecular complexity index is 3250. The average molecular weight is 714 g/mol. The van der Waals surface area contributed by atoms with Crippen molar-refractivity contribution in [2.75, 3.05) is 4.90 Å². The number of para-hydroxylation sites is 1. The molecule has 0 fully saturated rings. The van der Waals surface area contributed by atoms with Crippen LogP contribution in [0.5, 0.6) is 0 Å². The summed E-state index contributed by atoms with van der Waals surface area (Å²) in [6, 6.07) is 76.6. The van der Waals surface area contributed by atoms with Gasteiger partial charge < -0.3 is 9.32 Å². The van der Waals surface area contributed by atoms with Gasteiger partial charge in [-0.05, 0) is 115 Å². The highest BCUT2D eigenvalue weighted by molar-refractivity contribution is 6.20. The summed E-state index contributed by atoms with van der Waals surface area (Å²) >= 11 is 0. The molecule has 0 atom stereocenters. The number of nitrogens with zero attached hydrogens (tertiary/aromatic N) is 1. The zero-order valence-electron chi connectivity index (χ0n) is 30.6. The van der Waals surface area contributed by atoms with Gasteiger partial charge in [0.25, 0.3) is 0 Å².